The van der Waals surface area contributed by atoms with Gasteiger partial charge in [-0.3, -0.25) is 4.98 Å². The number of pyridine rings is 1. The van der Waals surface area contributed by atoms with Crippen molar-refractivity contribution in [2.45, 2.75) is 13.8 Å². The highest BCUT2D eigenvalue weighted by Crippen LogP contribution is 2.24. The second kappa shape index (κ2) is 4.13. The van der Waals surface area contributed by atoms with Crippen LogP contribution in [0.15, 0.2) is 42.7 Å². The quantitative estimate of drug-likeness (QED) is 0.738. The van der Waals surface area contributed by atoms with E-state index >= 15 is 0 Å². The zero-order valence-corrected chi connectivity index (χ0v) is 8.90. The number of nitrogens with zero attached hydrogens (tertiary/aromatic N) is 1. The van der Waals surface area contributed by atoms with Crippen molar-refractivity contribution in [1.82, 2.24) is 4.98 Å². The van der Waals surface area contributed by atoms with E-state index in [1.807, 2.05) is 25.1 Å². The molecule has 15 heavy (non-hydrogen) atoms. The number of aryl methyl sites for hydroxylation is 2. The van der Waals surface area contributed by atoms with Gasteiger partial charge in [0.2, 0.25) is 0 Å². The summed E-state index contributed by atoms with van der Waals surface area (Å²) in [5.41, 5.74) is 2.32. The second-order valence-electron chi connectivity index (χ2n) is 3.56. The largest absolute Gasteiger partial charge is 0.455 e. The first-order valence-corrected chi connectivity index (χ1v) is 4.91. The van der Waals surface area contributed by atoms with Gasteiger partial charge in [0.1, 0.15) is 11.5 Å². The van der Waals surface area contributed by atoms with Crippen LogP contribution >= 0.6 is 0 Å². The van der Waals surface area contributed by atoms with Gasteiger partial charge >= 0.3 is 0 Å². The van der Waals surface area contributed by atoms with Gasteiger partial charge in [-0.25, -0.2) is 0 Å². The average Bonchev–Trinajstić information content (AvgIpc) is 2.25. The molecule has 0 radical (unpaired) electrons. The molecule has 2 aromatic rings. The minimum absolute atomic E-state index is 0.770. The Morgan fingerprint density at radius 2 is 2.00 bits per heavy atom. The summed E-state index contributed by atoms with van der Waals surface area (Å²) >= 11 is 0. The van der Waals surface area contributed by atoms with Crippen LogP contribution in [0.2, 0.25) is 0 Å². The highest BCUT2D eigenvalue weighted by molar-refractivity contribution is 5.38. The van der Waals surface area contributed by atoms with E-state index in [1.165, 1.54) is 5.56 Å². The summed E-state index contributed by atoms with van der Waals surface area (Å²) in [4.78, 5) is 4.01. The lowest BCUT2D eigenvalue weighted by atomic mass is 10.1. The van der Waals surface area contributed by atoms with Gasteiger partial charge in [0.25, 0.3) is 0 Å². The van der Waals surface area contributed by atoms with Crippen LogP contribution in [0.3, 0.4) is 0 Å². The third kappa shape index (κ3) is 2.34. The van der Waals surface area contributed by atoms with Crippen molar-refractivity contribution >= 4 is 0 Å². The van der Waals surface area contributed by atoms with Gasteiger partial charge in [0, 0.05) is 6.20 Å². The monoisotopic (exact) mass is 199 g/mol. The molecule has 0 bridgehead atoms. The highest BCUT2D eigenvalue weighted by atomic mass is 16.5. The van der Waals surface area contributed by atoms with Crippen LogP contribution in [0.4, 0.5) is 0 Å². The van der Waals surface area contributed by atoms with Gasteiger partial charge in [0.05, 0.1) is 6.20 Å². The molecule has 0 unspecified atom stereocenters. The molecule has 0 saturated heterocycles. The Morgan fingerprint density at radius 1 is 1.13 bits per heavy atom. The van der Waals surface area contributed by atoms with Crippen LogP contribution in [0.25, 0.3) is 0 Å². The van der Waals surface area contributed by atoms with Gasteiger partial charge in [-0.2, -0.15) is 0 Å². The fourth-order valence-electron chi connectivity index (χ4n) is 1.35. The van der Waals surface area contributed by atoms with E-state index in [9.17, 15) is 0 Å². The number of benzene rings is 1. The summed E-state index contributed by atoms with van der Waals surface area (Å²) in [5.74, 6) is 1.66. The molecule has 1 aromatic carbocycles. The maximum Gasteiger partial charge on any atom is 0.145 e. The minimum atomic E-state index is 0.770. The normalized spacial score (nSPS) is 10.0. The van der Waals surface area contributed by atoms with E-state index in [4.69, 9.17) is 4.74 Å². The van der Waals surface area contributed by atoms with E-state index in [2.05, 4.69) is 24.0 Å². The predicted octanol–water partition coefficient (Wildman–Crippen LogP) is 3.49. The van der Waals surface area contributed by atoms with Gasteiger partial charge in [-0.15, -0.1) is 0 Å². The Labute approximate surface area is 89.6 Å². The van der Waals surface area contributed by atoms with E-state index < -0.39 is 0 Å². The first-order valence-electron chi connectivity index (χ1n) is 4.91. The highest BCUT2D eigenvalue weighted by Gasteiger charge is 2.01. The molecule has 0 saturated carbocycles. The number of rotatable bonds is 2. The fraction of sp³-hybridized carbons (Fsp3) is 0.154. The molecule has 76 valence electrons. The van der Waals surface area contributed by atoms with Crippen molar-refractivity contribution in [2.75, 3.05) is 0 Å². The Bertz CT molecular complexity index is 451. The molecule has 1 heterocycles. The van der Waals surface area contributed by atoms with Gasteiger partial charge in [-0.05, 0) is 43.2 Å². The molecule has 2 rings (SSSR count). The topological polar surface area (TPSA) is 22.1 Å². The third-order valence-corrected chi connectivity index (χ3v) is 2.21. The maximum atomic E-state index is 5.73. The van der Waals surface area contributed by atoms with Gasteiger partial charge in [-0.1, -0.05) is 12.1 Å². The smallest absolute Gasteiger partial charge is 0.145 e. The molecule has 2 heteroatoms. The summed E-state index contributed by atoms with van der Waals surface area (Å²) in [7, 11) is 0. The first-order chi connectivity index (χ1) is 7.25. The molecule has 0 fully saturated rings. The van der Waals surface area contributed by atoms with E-state index in [-0.39, 0.29) is 0 Å². The Kier molecular flexibility index (Phi) is 2.68. The zero-order chi connectivity index (χ0) is 10.7. The Balaban J connectivity index is 2.28. The van der Waals surface area contributed by atoms with Gasteiger partial charge < -0.3 is 4.74 Å². The molecule has 0 aliphatic rings. The lowest BCUT2D eigenvalue weighted by Crippen LogP contribution is -1.88. The molecule has 0 N–H and O–H groups in total. The molecule has 2 nitrogen and oxygen atoms in total. The van der Waals surface area contributed by atoms with Crippen molar-refractivity contribution in [3.8, 4) is 11.5 Å². The van der Waals surface area contributed by atoms with Crippen LogP contribution in [0.1, 0.15) is 11.1 Å². The van der Waals surface area contributed by atoms with Crippen molar-refractivity contribution in [3.63, 3.8) is 0 Å². The fourth-order valence-corrected chi connectivity index (χ4v) is 1.35. The summed E-state index contributed by atoms with van der Waals surface area (Å²) in [6.45, 7) is 4.08. The molecule has 0 spiro atoms. The maximum absolute atomic E-state index is 5.73. The van der Waals surface area contributed by atoms with Crippen molar-refractivity contribution < 1.29 is 4.74 Å². The van der Waals surface area contributed by atoms with Crippen molar-refractivity contribution in [2.24, 2.45) is 0 Å². The second-order valence-corrected chi connectivity index (χ2v) is 3.56. The summed E-state index contributed by atoms with van der Waals surface area (Å²) < 4.78 is 5.73. The molecular weight excluding hydrogens is 186 g/mol. The van der Waals surface area contributed by atoms with E-state index in [0.29, 0.717) is 0 Å². The third-order valence-electron chi connectivity index (χ3n) is 2.21. The molecule has 1 aromatic heterocycles. The Morgan fingerprint density at radius 3 is 2.73 bits per heavy atom. The van der Waals surface area contributed by atoms with Crippen LogP contribution < -0.4 is 4.74 Å². The molecular formula is C13H13NO. The zero-order valence-electron chi connectivity index (χ0n) is 8.90. The first kappa shape index (κ1) is 9.71. The van der Waals surface area contributed by atoms with Crippen LogP contribution in [-0.2, 0) is 0 Å². The SMILES string of the molecule is Cc1ccc(C)c(Oc2cccnc2)c1. The van der Waals surface area contributed by atoms with Crippen LogP contribution in [0.5, 0.6) is 11.5 Å². The Hall–Kier alpha value is -1.83. The van der Waals surface area contributed by atoms with Crippen LogP contribution in [-0.4, -0.2) is 4.98 Å². The minimum Gasteiger partial charge on any atom is -0.455 e. The van der Waals surface area contributed by atoms with E-state index in [1.54, 1.807) is 12.4 Å². The number of hydrogen-bond acceptors (Lipinski definition) is 2. The van der Waals surface area contributed by atoms with Crippen molar-refractivity contribution in [3.05, 3.63) is 53.9 Å². The standard InChI is InChI=1S/C13H13NO/c1-10-5-6-11(2)13(8-10)15-12-4-3-7-14-9-12/h3-9H,1-2H3. The molecule has 0 aliphatic carbocycles. The average molecular weight is 199 g/mol. The van der Waals surface area contributed by atoms with Gasteiger partial charge in [0.15, 0.2) is 0 Å². The number of hydrogen-bond donors (Lipinski definition) is 0. The lowest BCUT2D eigenvalue weighted by molar-refractivity contribution is 0.476. The summed E-state index contributed by atoms with van der Waals surface area (Å²) in [5, 5.41) is 0. The predicted molar refractivity (Wildman–Crippen MR) is 60.2 cm³/mol. The lowest BCUT2D eigenvalue weighted by Gasteiger charge is -2.08. The molecule has 0 atom stereocenters. The summed E-state index contributed by atoms with van der Waals surface area (Å²) in [6, 6.07) is 9.92. The number of ether oxygens (including phenoxy) is 1. The molecule has 0 amide bonds. The van der Waals surface area contributed by atoms with Crippen LogP contribution in [0, 0.1) is 13.8 Å². The summed E-state index contributed by atoms with van der Waals surface area (Å²) in [6.07, 6.45) is 3.44. The van der Waals surface area contributed by atoms with E-state index in [0.717, 1.165) is 17.1 Å². The van der Waals surface area contributed by atoms with Crippen molar-refractivity contribution in [1.29, 1.82) is 0 Å². The molecule has 0 aliphatic heterocycles. The number of aromatic nitrogens is 1.